The van der Waals surface area contributed by atoms with Crippen molar-refractivity contribution in [3.05, 3.63) is 17.9 Å². The molecule has 1 aliphatic carbocycles. The maximum Gasteiger partial charge on any atom is 0.201 e. The summed E-state index contributed by atoms with van der Waals surface area (Å²) >= 11 is 0. The van der Waals surface area contributed by atoms with Crippen molar-refractivity contribution in [2.24, 2.45) is 5.92 Å². The van der Waals surface area contributed by atoms with Crippen molar-refractivity contribution in [1.82, 2.24) is 0 Å². The van der Waals surface area contributed by atoms with Gasteiger partial charge in [-0.2, -0.15) is 0 Å². The summed E-state index contributed by atoms with van der Waals surface area (Å²) < 4.78 is 4.97. The molecule has 0 unspecified atom stereocenters. The predicted octanol–water partition coefficient (Wildman–Crippen LogP) is 1.45. The molecule has 1 aromatic rings. The lowest BCUT2D eigenvalue weighted by Gasteiger charge is -1.89. The van der Waals surface area contributed by atoms with Gasteiger partial charge in [0.25, 0.3) is 0 Å². The first-order valence-corrected chi connectivity index (χ1v) is 3.67. The second-order valence-electron chi connectivity index (χ2n) is 2.84. The Balaban J connectivity index is 2.21. The molecule has 0 atom stereocenters. The quantitative estimate of drug-likeness (QED) is 0.651. The molecule has 0 saturated heterocycles. The molecule has 0 aromatic carbocycles. The van der Waals surface area contributed by atoms with E-state index in [0.29, 0.717) is 11.6 Å². The van der Waals surface area contributed by atoms with E-state index in [-0.39, 0.29) is 11.7 Å². The van der Waals surface area contributed by atoms with E-state index in [4.69, 9.17) is 10.2 Å². The van der Waals surface area contributed by atoms with Gasteiger partial charge >= 0.3 is 0 Å². The number of carbonyl (C=O) groups is 1. The summed E-state index contributed by atoms with van der Waals surface area (Å²) in [4.78, 5) is 11.3. The molecule has 1 saturated carbocycles. The highest BCUT2D eigenvalue weighted by Gasteiger charge is 2.32. The van der Waals surface area contributed by atoms with E-state index in [0.717, 1.165) is 12.8 Å². The fourth-order valence-corrected chi connectivity index (χ4v) is 1.03. The molecule has 0 amide bonds. The molecule has 0 radical (unpaired) electrons. The van der Waals surface area contributed by atoms with Crippen LogP contribution in [0.5, 0.6) is 0 Å². The summed E-state index contributed by atoms with van der Waals surface area (Å²) in [5, 5.41) is 0. The lowest BCUT2D eigenvalue weighted by atomic mass is 10.2. The minimum atomic E-state index is 0.0988. The molecular weight excluding hydrogens is 142 g/mol. The fraction of sp³-hybridized carbons (Fsp3) is 0.375. The van der Waals surface area contributed by atoms with Crippen LogP contribution in [0.2, 0.25) is 0 Å². The SMILES string of the molecule is Nc1ccc(C(=O)C2CC2)o1. The van der Waals surface area contributed by atoms with Crippen molar-refractivity contribution < 1.29 is 9.21 Å². The van der Waals surface area contributed by atoms with Gasteiger partial charge in [0.1, 0.15) is 0 Å². The van der Waals surface area contributed by atoms with Crippen LogP contribution in [0.4, 0.5) is 5.88 Å². The predicted molar refractivity (Wildman–Crippen MR) is 40.2 cm³/mol. The van der Waals surface area contributed by atoms with Crippen molar-refractivity contribution in [3.63, 3.8) is 0 Å². The van der Waals surface area contributed by atoms with Crippen LogP contribution in [0.25, 0.3) is 0 Å². The summed E-state index contributed by atoms with van der Waals surface area (Å²) in [6.45, 7) is 0. The van der Waals surface area contributed by atoms with Crippen LogP contribution in [0.15, 0.2) is 16.5 Å². The third kappa shape index (κ3) is 1.13. The number of carbonyl (C=O) groups excluding carboxylic acids is 1. The smallest absolute Gasteiger partial charge is 0.201 e. The number of nitrogen functional groups attached to an aromatic ring is 1. The molecule has 2 N–H and O–H groups in total. The second-order valence-corrected chi connectivity index (χ2v) is 2.84. The monoisotopic (exact) mass is 151 g/mol. The molecular formula is C8H9NO2. The van der Waals surface area contributed by atoms with E-state index < -0.39 is 0 Å². The number of rotatable bonds is 2. The Bertz CT molecular complexity index is 286. The molecule has 0 aliphatic heterocycles. The first-order valence-electron chi connectivity index (χ1n) is 3.67. The minimum absolute atomic E-state index is 0.0988. The highest BCUT2D eigenvalue weighted by Crippen LogP contribution is 2.33. The summed E-state index contributed by atoms with van der Waals surface area (Å²) in [5.74, 6) is 1.03. The average Bonchev–Trinajstić information content (AvgIpc) is 2.74. The first kappa shape index (κ1) is 6.46. The number of hydrogen-bond acceptors (Lipinski definition) is 3. The zero-order chi connectivity index (χ0) is 7.84. The van der Waals surface area contributed by atoms with Gasteiger partial charge < -0.3 is 10.2 Å². The van der Waals surface area contributed by atoms with Gasteiger partial charge in [0, 0.05) is 12.0 Å². The van der Waals surface area contributed by atoms with Gasteiger partial charge in [-0.3, -0.25) is 4.79 Å². The van der Waals surface area contributed by atoms with Gasteiger partial charge in [0.2, 0.25) is 5.78 Å². The zero-order valence-electron chi connectivity index (χ0n) is 6.04. The Morgan fingerprint density at radius 1 is 1.55 bits per heavy atom. The lowest BCUT2D eigenvalue weighted by Crippen LogP contribution is -1.98. The van der Waals surface area contributed by atoms with Crippen LogP contribution in [0.3, 0.4) is 0 Å². The highest BCUT2D eigenvalue weighted by molar-refractivity contribution is 5.97. The molecule has 58 valence electrons. The Hall–Kier alpha value is -1.25. The maximum absolute atomic E-state index is 11.3. The average molecular weight is 151 g/mol. The van der Waals surface area contributed by atoms with Crippen LogP contribution in [-0.4, -0.2) is 5.78 Å². The van der Waals surface area contributed by atoms with E-state index in [1.165, 1.54) is 0 Å². The molecule has 0 bridgehead atoms. The van der Waals surface area contributed by atoms with Gasteiger partial charge in [-0.25, -0.2) is 0 Å². The van der Waals surface area contributed by atoms with Gasteiger partial charge in [-0.15, -0.1) is 0 Å². The van der Waals surface area contributed by atoms with Crippen LogP contribution >= 0.6 is 0 Å². The highest BCUT2D eigenvalue weighted by atomic mass is 16.4. The Morgan fingerprint density at radius 2 is 2.27 bits per heavy atom. The molecule has 3 nitrogen and oxygen atoms in total. The van der Waals surface area contributed by atoms with Crippen LogP contribution in [0.1, 0.15) is 23.4 Å². The molecule has 1 fully saturated rings. The number of anilines is 1. The van der Waals surface area contributed by atoms with Gasteiger partial charge in [-0.1, -0.05) is 0 Å². The number of hydrogen-bond donors (Lipinski definition) is 1. The molecule has 1 heterocycles. The maximum atomic E-state index is 11.3. The lowest BCUT2D eigenvalue weighted by molar-refractivity contribution is 0.0941. The van der Waals surface area contributed by atoms with E-state index in [1.807, 2.05) is 0 Å². The number of nitrogens with two attached hydrogens (primary N) is 1. The van der Waals surface area contributed by atoms with Gasteiger partial charge in [0.15, 0.2) is 11.6 Å². The molecule has 11 heavy (non-hydrogen) atoms. The van der Waals surface area contributed by atoms with E-state index in [1.54, 1.807) is 12.1 Å². The zero-order valence-corrected chi connectivity index (χ0v) is 6.04. The van der Waals surface area contributed by atoms with Crippen LogP contribution in [-0.2, 0) is 0 Å². The Labute approximate surface area is 64.2 Å². The molecule has 1 aromatic heterocycles. The van der Waals surface area contributed by atoms with Crippen LogP contribution in [0, 0.1) is 5.92 Å². The van der Waals surface area contributed by atoms with Crippen molar-refractivity contribution >= 4 is 11.7 Å². The third-order valence-corrected chi connectivity index (χ3v) is 1.82. The number of furan rings is 1. The summed E-state index contributed by atoms with van der Waals surface area (Å²) in [7, 11) is 0. The molecule has 2 rings (SSSR count). The van der Waals surface area contributed by atoms with Crippen molar-refractivity contribution in [1.29, 1.82) is 0 Å². The molecule has 0 spiro atoms. The van der Waals surface area contributed by atoms with Gasteiger partial charge in [0.05, 0.1) is 0 Å². The summed E-state index contributed by atoms with van der Waals surface area (Å²) in [6, 6.07) is 3.24. The Kier molecular flexibility index (Phi) is 1.24. The van der Waals surface area contributed by atoms with E-state index >= 15 is 0 Å². The van der Waals surface area contributed by atoms with E-state index in [2.05, 4.69) is 0 Å². The number of Topliss-reactive ketones (excluding diaryl/α,β-unsaturated/α-hetero) is 1. The van der Waals surface area contributed by atoms with Gasteiger partial charge in [-0.05, 0) is 18.9 Å². The molecule has 1 aliphatic rings. The topological polar surface area (TPSA) is 56.2 Å². The summed E-state index contributed by atoms with van der Waals surface area (Å²) in [5.41, 5.74) is 5.32. The fourth-order valence-electron chi connectivity index (χ4n) is 1.03. The van der Waals surface area contributed by atoms with Crippen LogP contribution < -0.4 is 5.73 Å². The Morgan fingerprint density at radius 3 is 2.73 bits per heavy atom. The van der Waals surface area contributed by atoms with Crippen molar-refractivity contribution in [2.45, 2.75) is 12.8 Å². The van der Waals surface area contributed by atoms with Crippen molar-refractivity contribution in [2.75, 3.05) is 5.73 Å². The van der Waals surface area contributed by atoms with E-state index in [9.17, 15) is 4.79 Å². The summed E-state index contributed by atoms with van der Waals surface area (Å²) in [6.07, 6.45) is 2.00. The first-order chi connectivity index (χ1) is 5.27. The standard InChI is InChI=1S/C8H9NO2/c9-7-4-3-6(11-7)8(10)5-1-2-5/h3-5H,1-2,9H2. The largest absolute Gasteiger partial charge is 0.438 e. The minimum Gasteiger partial charge on any atom is -0.438 e. The molecule has 3 heteroatoms. The third-order valence-electron chi connectivity index (χ3n) is 1.82. The number of ketones is 1. The normalized spacial score (nSPS) is 16.7. The second kappa shape index (κ2) is 2.12. The van der Waals surface area contributed by atoms with Crippen molar-refractivity contribution in [3.8, 4) is 0 Å².